The molecule has 0 aromatic heterocycles. The minimum atomic E-state index is 0.0507. The molecule has 0 radical (unpaired) electrons. The standard InChI is InChI=1S/C13H20O3/c1-5-16-12-7-11(10(3)8-14)13(15-4)6-9(12)2/h6-7,10,14H,5,8H2,1-4H3. The third kappa shape index (κ3) is 2.67. The summed E-state index contributed by atoms with van der Waals surface area (Å²) in [6.07, 6.45) is 0. The van der Waals surface area contributed by atoms with Crippen molar-refractivity contribution in [3.05, 3.63) is 23.3 Å². The van der Waals surface area contributed by atoms with Crippen molar-refractivity contribution in [2.75, 3.05) is 20.3 Å². The fraction of sp³-hybridized carbons (Fsp3) is 0.538. The quantitative estimate of drug-likeness (QED) is 0.835. The first-order chi connectivity index (χ1) is 7.63. The molecule has 16 heavy (non-hydrogen) atoms. The number of methoxy groups -OCH3 is 1. The van der Waals surface area contributed by atoms with Crippen LogP contribution < -0.4 is 9.47 Å². The van der Waals surface area contributed by atoms with Crippen LogP contribution in [0.2, 0.25) is 0 Å². The molecule has 1 rings (SSSR count). The Hall–Kier alpha value is -1.22. The molecule has 1 aromatic carbocycles. The lowest BCUT2D eigenvalue weighted by Gasteiger charge is -2.17. The first-order valence-corrected chi connectivity index (χ1v) is 5.56. The Labute approximate surface area is 97.0 Å². The van der Waals surface area contributed by atoms with Crippen LogP contribution in [0.5, 0.6) is 11.5 Å². The molecular formula is C13H20O3. The Morgan fingerprint density at radius 1 is 1.31 bits per heavy atom. The maximum atomic E-state index is 9.20. The van der Waals surface area contributed by atoms with Crippen molar-refractivity contribution in [2.24, 2.45) is 0 Å². The van der Waals surface area contributed by atoms with Crippen molar-refractivity contribution in [2.45, 2.75) is 26.7 Å². The van der Waals surface area contributed by atoms with Gasteiger partial charge in [0, 0.05) is 18.1 Å². The molecule has 3 nitrogen and oxygen atoms in total. The highest BCUT2D eigenvalue weighted by Gasteiger charge is 2.14. The number of ether oxygens (including phenoxy) is 2. The van der Waals surface area contributed by atoms with Gasteiger partial charge in [-0.1, -0.05) is 6.92 Å². The van der Waals surface area contributed by atoms with Crippen LogP contribution in [0.15, 0.2) is 12.1 Å². The zero-order valence-electron chi connectivity index (χ0n) is 10.4. The van der Waals surface area contributed by atoms with E-state index in [1.807, 2.05) is 32.9 Å². The lowest BCUT2D eigenvalue weighted by Crippen LogP contribution is -2.04. The van der Waals surface area contributed by atoms with E-state index >= 15 is 0 Å². The molecule has 1 N–H and O–H groups in total. The van der Waals surface area contributed by atoms with E-state index in [1.54, 1.807) is 7.11 Å². The number of rotatable bonds is 5. The Balaban J connectivity index is 3.17. The van der Waals surface area contributed by atoms with Crippen LogP contribution in [0.4, 0.5) is 0 Å². The zero-order chi connectivity index (χ0) is 12.1. The Morgan fingerprint density at radius 3 is 2.50 bits per heavy atom. The van der Waals surface area contributed by atoms with Crippen LogP contribution in [0, 0.1) is 6.92 Å². The lowest BCUT2D eigenvalue weighted by atomic mass is 9.99. The molecule has 90 valence electrons. The molecule has 0 aliphatic carbocycles. The number of hydrogen-bond acceptors (Lipinski definition) is 3. The molecule has 0 aliphatic rings. The molecule has 0 saturated carbocycles. The predicted molar refractivity (Wildman–Crippen MR) is 64.4 cm³/mol. The summed E-state index contributed by atoms with van der Waals surface area (Å²) in [7, 11) is 1.64. The highest BCUT2D eigenvalue weighted by Crippen LogP contribution is 2.33. The third-order valence-corrected chi connectivity index (χ3v) is 2.63. The molecule has 0 saturated heterocycles. The highest BCUT2D eigenvalue weighted by molar-refractivity contribution is 5.47. The van der Waals surface area contributed by atoms with Crippen LogP contribution in [0.1, 0.15) is 30.9 Å². The average Bonchev–Trinajstić information content (AvgIpc) is 2.30. The minimum Gasteiger partial charge on any atom is -0.496 e. The molecule has 0 heterocycles. The van der Waals surface area contributed by atoms with Crippen LogP contribution in [-0.4, -0.2) is 25.4 Å². The van der Waals surface area contributed by atoms with E-state index in [1.165, 1.54) is 0 Å². The van der Waals surface area contributed by atoms with Gasteiger partial charge >= 0.3 is 0 Å². The number of aryl methyl sites for hydroxylation is 1. The van der Waals surface area contributed by atoms with Gasteiger partial charge in [0.05, 0.1) is 13.7 Å². The second-order valence-electron chi connectivity index (χ2n) is 3.88. The first kappa shape index (κ1) is 12.8. The Bertz CT molecular complexity index is 347. The van der Waals surface area contributed by atoms with Gasteiger partial charge in [0.1, 0.15) is 11.5 Å². The van der Waals surface area contributed by atoms with E-state index in [9.17, 15) is 5.11 Å². The summed E-state index contributed by atoms with van der Waals surface area (Å²) in [6, 6.07) is 3.91. The number of hydrogen-bond donors (Lipinski definition) is 1. The van der Waals surface area contributed by atoms with Crippen LogP contribution in [0.25, 0.3) is 0 Å². The summed E-state index contributed by atoms with van der Waals surface area (Å²) in [4.78, 5) is 0. The third-order valence-electron chi connectivity index (χ3n) is 2.63. The molecule has 0 amide bonds. The van der Waals surface area contributed by atoms with E-state index in [-0.39, 0.29) is 12.5 Å². The van der Waals surface area contributed by atoms with Gasteiger partial charge < -0.3 is 14.6 Å². The summed E-state index contributed by atoms with van der Waals surface area (Å²) in [5.74, 6) is 1.72. The molecule has 0 spiro atoms. The largest absolute Gasteiger partial charge is 0.496 e. The lowest BCUT2D eigenvalue weighted by molar-refractivity contribution is 0.269. The molecule has 0 aliphatic heterocycles. The molecule has 0 fully saturated rings. The fourth-order valence-electron chi connectivity index (χ4n) is 1.65. The van der Waals surface area contributed by atoms with Crippen molar-refractivity contribution >= 4 is 0 Å². The Kier molecular flexibility index (Phi) is 4.62. The molecule has 1 atom stereocenters. The van der Waals surface area contributed by atoms with Gasteiger partial charge in [-0.05, 0) is 31.5 Å². The number of aliphatic hydroxyl groups excluding tert-OH is 1. The first-order valence-electron chi connectivity index (χ1n) is 5.56. The monoisotopic (exact) mass is 224 g/mol. The fourth-order valence-corrected chi connectivity index (χ4v) is 1.65. The topological polar surface area (TPSA) is 38.7 Å². The predicted octanol–water partition coefficient (Wildman–Crippen LogP) is 2.50. The van der Waals surface area contributed by atoms with Crippen molar-refractivity contribution in [1.82, 2.24) is 0 Å². The molecule has 1 aromatic rings. The van der Waals surface area contributed by atoms with Gasteiger partial charge in [0.2, 0.25) is 0 Å². The average molecular weight is 224 g/mol. The van der Waals surface area contributed by atoms with E-state index in [0.29, 0.717) is 6.61 Å². The summed E-state index contributed by atoms with van der Waals surface area (Å²) in [6.45, 7) is 6.65. The maximum absolute atomic E-state index is 9.20. The van der Waals surface area contributed by atoms with Gasteiger partial charge in [-0.3, -0.25) is 0 Å². The zero-order valence-corrected chi connectivity index (χ0v) is 10.4. The van der Waals surface area contributed by atoms with E-state index in [4.69, 9.17) is 9.47 Å². The van der Waals surface area contributed by atoms with Gasteiger partial charge in [-0.15, -0.1) is 0 Å². The van der Waals surface area contributed by atoms with Crippen LogP contribution in [0.3, 0.4) is 0 Å². The molecule has 1 unspecified atom stereocenters. The normalized spacial score (nSPS) is 12.3. The van der Waals surface area contributed by atoms with Gasteiger partial charge in [-0.25, -0.2) is 0 Å². The van der Waals surface area contributed by atoms with Gasteiger partial charge in [0.15, 0.2) is 0 Å². The minimum absolute atomic E-state index is 0.0507. The summed E-state index contributed by atoms with van der Waals surface area (Å²) in [5.41, 5.74) is 2.03. The second kappa shape index (κ2) is 5.75. The molecular weight excluding hydrogens is 204 g/mol. The smallest absolute Gasteiger partial charge is 0.122 e. The highest BCUT2D eigenvalue weighted by atomic mass is 16.5. The van der Waals surface area contributed by atoms with E-state index in [2.05, 4.69) is 0 Å². The summed E-state index contributed by atoms with van der Waals surface area (Å²) in [5, 5.41) is 9.20. The molecule has 0 bridgehead atoms. The van der Waals surface area contributed by atoms with Crippen LogP contribution >= 0.6 is 0 Å². The Morgan fingerprint density at radius 2 is 2.00 bits per heavy atom. The maximum Gasteiger partial charge on any atom is 0.122 e. The van der Waals surface area contributed by atoms with Gasteiger partial charge in [-0.2, -0.15) is 0 Å². The van der Waals surface area contributed by atoms with Crippen molar-refractivity contribution in [3.8, 4) is 11.5 Å². The molecule has 3 heteroatoms. The summed E-state index contributed by atoms with van der Waals surface area (Å²) >= 11 is 0. The van der Waals surface area contributed by atoms with Crippen molar-refractivity contribution in [1.29, 1.82) is 0 Å². The van der Waals surface area contributed by atoms with E-state index in [0.717, 1.165) is 22.6 Å². The summed E-state index contributed by atoms with van der Waals surface area (Å²) < 4.78 is 10.8. The SMILES string of the molecule is CCOc1cc(C(C)CO)c(OC)cc1C. The number of aliphatic hydroxyl groups is 1. The van der Waals surface area contributed by atoms with Crippen molar-refractivity contribution in [3.63, 3.8) is 0 Å². The van der Waals surface area contributed by atoms with Crippen LogP contribution in [-0.2, 0) is 0 Å². The van der Waals surface area contributed by atoms with Gasteiger partial charge in [0.25, 0.3) is 0 Å². The van der Waals surface area contributed by atoms with E-state index < -0.39 is 0 Å². The second-order valence-corrected chi connectivity index (χ2v) is 3.88. The van der Waals surface area contributed by atoms with Crippen molar-refractivity contribution < 1.29 is 14.6 Å². The number of benzene rings is 1.